The molecule has 1 aromatic rings. The van der Waals surface area contributed by atoms with Gasteiger partial charge in [0.2, 0.25) is 10.0 Å². The lowest BCUT2D eigenvalue weighted by Crippen LogP contribution is -2.46. The normalized spacial score (nSPS) is 15.0. The van der Waals surface area contributed by atoms with E-state index in [-0.39, 0.29) is 36.9 Å². The number of benzene rings is 1. The van der Waals surface area contributed by atoms with Crippen LogP contribution in [0.2, 0.25) is 0 Å². The Labute approximate surface area is 159 Å². The highest BCUT2D eigenvalue weighted by Crippen LogP contribution is 2.18. The molecule has 0 bridgehead atoms. The van der Waals surface area contributed by atoms with Gasteiger partial charge in [0.1, 0.15) is 5.82 Å². The van der Waals surface area contributed by atoms with Gasteiger partial charge in [0.05, 0.1) is 17.6 Å². The fourth-order valence-electron chi connectivity index (χ4n) is 2.35. The lowest BCUT2D eigenvalue weighted by molar-refractivity contribution is 0.0596. The monoisotopic (exact) mass is 417 g/mol. The summed E-state index contributed by atoms with van der Waals surface area (Å²) in [6.07, 6.45) is 0. The summed E-state index contributed by atoms with van der Waals surface area (Å²) in [5.41, 5.74) is -0.191. The minimum atomic E-state index is -4.00. The third kappa shape index (κ3) is 6.69. The van der Waals surface area contributed by atoms with E-state index in [4.69, 9.17) is 0 Å². The predicted molar refractivity (Wildman–Crippen MR) is 96.7 cm³/mol. The summed E-state index contributed by atoms with van der Waals surface area (Å²) in [6, 6.07) is 2.94. The number of esters is 1. The van der Waals surface area contributed by atoms with Crippen molar-refractivity contribution in [1.82, 2.24) is 14.9 Å². The molecular weight excluding hydrogens is 396 g/mol. The number of nitrogens with one attached hydrogen (secondary N) is 2. The Hall–Kier alpha value is -0.970. The highest BCUT2D eigenvalue weighted by Gasteiger charge is 2.24. The number of hydrogen-bond donors (Lipinski definition) is 2. The Balaban J connectivity index is 0.00000288. The van der Waals surface area contributed by atoms with E-state index in [1.54, 1.807) is 0 Å². The summed E-state index contributed by atoms with van der Waals surface area (Å²) >= 11 is 0. The Morgan fingerprint density at radius 1 is 1.32 bits per heavy atom. The van der Waals surface area contributed by atoms with Crippen LogP contribution in [0, 0.1) is 5.82 Å². The number of hydrogen-bond acceptors (Lipinski definition) is 6. The first kappa shape index (κ1) is 24.0. The molecule has 0 spiro atoms. The van der Waals surface area contributed by atoms with Crippen molar-refractivity contribution >= 4 is 40.8 Å². The number of carbonyl (C=O) groups excluding carboxylic acids is 1. The van der Waals surface area contributed by atoms with Crippen LogP contribution in [-0.4, -0.2) is 65.7 Å². The molecule has 25 heavy (non-hydrogen) atoms. The fourth-order valence-corrected chi connectivity index (χ4v) is 3.57. The maximum atomic E-state index is 13.4. The van der Waals surface area contributed by atoms with Crippen molar-refractivity contribution < 1.29 is 22.3 Å². The molecule has 0 saturated carbocycles. The van der Waals surface area contributed by atoms with Crippen molar-refractivity contribution in [3.8, 4) is 0 Å². The van der Waals surface area contributed by atoms with E-state index in [9.17, 15) is 17.6 Å². The lowest BCUT2D eigenvalue weighted by Gasteiger charge is -2.27. The van der Waals surface area contributed by atoms with Crippen molar-refractivity contribution in [3.63, 3.8) is 0 Å². The zero-order valence-corrected chi connectivity index (χ0v) is 16.1. The smallest absolute Gasteiger partial charge is 0.339 e. The molecular formula is C14H22Cl2FN3O4S. The van der Waals surface area contributed by atoms with Gasteiger partial charge in [-0.2, -0.15) is 0 Å². The summed E-state index contributed by atoms with van der Waals surface area (Å²) in [6.45, 7) is 4.14. The average Bonchev–Trinajstić information content (AvgIpc) is 2.55. The minimum absolute atomic E-state index is 0. The van der Waals surface area contributed by atoms with Crippen LogP contribution in [0.15, 0.2) is 23.1 Å². The molecule has 0 radical (unpaired) electrons. The van der Waals surface area contributed by atoms with Crippen LogP contribution < -0.4 is 10.0 Å². The van der Waals surface area contributed by atoms with Crippen molar-refractivity contribution in [2.75, 3.05) is 46.4 Å². The Kier molecular flexibility index (Phi) is 10.5. The van der Waals surface area contributed by atoms with E-state index in [0.29, 0.717) is 6.54 Å². The van der Waals surface area contributed by atoms with Gasteiger partial charge in [-0.1, -0.05) is 0 Å². The predicted octanol–water partition coefficient (Wildman–Crippen LogP) is 0.639. The van der Waals surface area contributed by atoms with Crippen LogP contribution >= 0.6 is 24.8 Å². The second-order valence-electron chi connectivity index (χ2n) is 5.12. The molecule has 7 nitrogen and oxygen atoms in total. The van der Waals surface area contributed by atoms with Crippen LogP contribution in [0.4, 0.5) is 4.39 Å². The average molecular weight is 418 g/mol. The Bertz CT molecular complexity index is 670. The standard InChI is InChI=1S/C14H20FN3O4S.2ClH/c1-22-14(19)12-3-2-11(15)10-13(12)23(20,21)17-6-9-18-7-4-16-5-8-18;;/h2-3,10,16-17H,4-9H2,1H3;2*1H. The first-order chi connectivity index (χ1) is 10.9. The van der Waals surface area contributed by atoms with Gasteiger partial charge in [-0.15, -0.1) is 24.8 Å². The van der Waals surface area contributed by atoms with Crippen molar-refractivity contribution in [3.05, 3.63) is 29.6 Å². The SMILES string of the molecule is COC(=O)c1ccc(F)cc1S(=O)(=O)NCCN1CCNCC1.Cl.Cl. The van der Waals surface area contributed by atoms with Crippen LogP contribution in [0.25, 0.3) is 0 Å². The van der Waals surface area contributed by atoms with E-state index in [0.717, 1.165) is 51.5 Å². The first-order valence-electron chi connectivity index (χ1n) is 7.24. The number of carbonyl (C=O) groups is 1. The number of sulfonamides is 1. The van der Waals surface area contributed by atoms with Crippen LogP contribution in [0.1, 0.15) is 10.4 Å². The van der Waals surface area contributed by atoms with E-state index < -0.39 is 26.7 Å². The van der Waals surface area contributed by atoms with Gasteiger partial charge in [-0.05, 0) is 18.2 Å². The second kappa shape index (κ2) is 10.9. The molecule has 1 fully saturated rings. The van der Waals surface area contributed by atoms with Gasteiger partial charge in [-0.3, -0.25) is 4.90 Å². The van der Waals surface area contributed by atoms with E-state index in [1.165, 1.54) is 0 Å². The van der Waals surface area contributed by atoms with E-state index >= 15 is 0 Å². The summed E-state index contributed by atoms with van der Waals surface area (Å²) in [7, 11) is -2.86. The fraction of sp³-hybridized carbons (Fsp3) is 0.500. The third-order valence-corrected chi connectivity index (χ3v) is 5.07. The maximum absolute atomic E-state index is 13.4. The van der Waals surface area contributed by atoms with Crippen molar-refractivity contribution in [2.24, 2.45) is 0 Å². The molecule has 1 aliphatic heterocycles. The van der Waals surface area contributed by atoms with Gasteiger partial charge in [0, 0.05) is 39.3 Å². The molecule has 1 aromatic carbocycles. The number of nitrogens with zero attached hydrogens (tertiary/aromatic N) is 1. The van der Waals surface area contributed by atoms with Gasteiger partial charge < -0.3 is 10.1 Å². The quantitative estimate of drug-likeness (QED) is 0.660. The topological polar surface area (TPSA) is 87.7 Å². The van der Waals surface area contributed by atoms with Gasteiger partial charge in [0.25, 0.3) is 0 Å². The molecule has 144 valence electrons. The van der Waals surface area contributed by atoms with Crippen LogP contribution in [-0.2, 0) is 14.8 Å². The molecule has 0 atom stereocenters. The second-order valence-corrected chi connectivity index (χ2v) is 6.86. The van der Waals surface area contributed by atoms with Crippen molar-refractivity contribution in [1.29, 1.82) is 0 Å². The third-order valence-electron chi connectivity index (χ3n) is 3.57. The summed E-state index contributed by atoms with van der Waals surface area (Å²) in [4.78, 5) is 13.4. The zero-order valence-electron chi connectivity index (χ0n) is 13.7. The number of halogens is 3. The number of ether oxygens (including phenoxy) is 1. The molecule has 0 amide bonds. The molecule has 1 saturated heterocycles. The molecule has 2 N–H and O–H groups in total. The molecule has 2 rings (SSSR count). The lowest BCUT2D eigenvalue weighted by atomic mass is 10.2. The van der Waals surface area contributed by atoms with Crippen LogP contribution in [0.3, 0.4) is 0 Å². The molecule has 0 unspecified atom stereocenters. The number of piperazine rings is 1. The van der Waals surface area contributed by atoms with E-state index in [1.807, 2.05) is 0 Å². The van der Waals surface area contributed by atoms with Crippen LogP contribution in [0.5, 0.6) is 0 Å². The summed E-state index contributed by atoms with van der Waals surface area (Å²) < 4.78 is 45.0. The van der Waals surface area contributed by atoms with Gasteiger partial charge in [-0.25, -0.2) is 22.3 Å². The molecule has 0 aromatic heterocycles. The van der Waals surface area contributed by atoms with Gasteiger partial charge in [0.15, 0.2) is 0 Å². The molecule has 11 heteroatoms. The highest BCUT2D eigenvalue weighted by molar-refractivity contribution is 7.89. The highest BCUT2D eigenvalue weighted by atomic mass is 35.5. The van der Waals surface area contributed by atoms with Gasteiger partial charge >= 0.3 is 5.97 Å². The largest absolute Gasteiger partial charge is 0.465 e. The Morgan fingerprint density at radius 2 is 1.96 bits per heavy atom. The number of methoxy groups -OCH3 is 1. The van der Waals surface area contributed by atoms with Crippen molar-refractivity contribution in [2.45, 2.75) is 4.90 Å². The molecule has 1 heterocycles. The Morgan fingerprint density at radius 3 is 2.56 bits per heavy atom. The summed E-state index contributed by atoms with van der Waals surface area (Å²) in [5, 5.41) is 3.21. The first-order valence-corrected chi connectivity index (χ1v) is 8.73. The molecule has 0 aliphatic carbocycles. The zero-order chi connectivity index (χ0) is 16.9. The number of rotatable bonds is 6. The molecule has 1 aliphatic rings. The summed E-state index contributed by atoms with van der Waals surface area (Å²) in [5.74, 6) is -1.56. The maximum Gasteiger partial charge on any atom is 0.339 e. The minimum Gasteiger partial charge on any atom is -0.465 e. The van der Waals surface area contributed by atoms with E-state index in [2.05, 4.69) is 19.7 Å².